The summed E-state index contributed by atoms with van der Waals surface area (Å²) in [5.74, 6) is -2.21. The van der Waals surface area contributed by atoms with Crippen LogP contribution in [0.4, 0.5) is 20.6 Å². The second-order valence-electron chi connectivity index (χ2n) is 10.8. The number of pyridine rings is 1. The number of nitrogens with one attached hydrogen (secondary N) is 2. The highest BCUT2D eigenvalue weighted by molar-refractivity contribution is 6.27. The summed E-state index contributed by atoms with van der Waals surface area (Å²) >= 11 is 6.90. The molecular formula is C29H28ClFN4O6. The minimum absolute atomic E-state index is 0.0396. The number of nitrogens with zero attached hydrogens (tertiary/aromatic N) is 2. The van der Waals surface area contributed by atoms with E-state index in [2.05, 4.69) is 10.3 Å². The zero-order valence-corrected chi connectivity index (χ0v) is 23.0. The molecule has 41 heavy (non-hydrogen) atoms. The molecule has 1 saturated heterocycles. The van der Waals surface area contributed by atoms with Gasteiger partial charge in [0.1, 0.15) is 17.5 Å². The van der Waals surface area contributed by atoms with Crippen molar-refractivity contribution in [3.05, 3.63) is 68.8 Å². The third-order valence-electron chi connectivity index (χ3n) is 7.98. The standard InChI is InChI=1S/C29H28ClFN4O6/c1-15(36)32-11-19-14-35(28(40)41-19)18-5-4-17-13-34(8-2-3-16(17)9-18)25-22(31)10-20-24(23(25)29(30)6-7-29)33-12-21(26(20)37)27(38)39/h4-5,9-10,12,19H,2-3,6-8,11,13-14H2,1H3,(H,32,36)(H,33,37)(H,38,39). The number of aromatic nitrogens is 1. The molecule has 0 spiro atoms. The van der Waals surface area contributed by atoms with Gasteiger partial charge in [0.05, 0.1) is 29.2 Å². The summed E-state index contributed by atoms with van der Waals surface area (Å²) in [5.41, 5.74) is 2.60. The summed E-state index contributed by atoms with van der Waals surface area (Å²) in [6, 6.07) is 6.81. The Morgan fingerprint density at radius 3 is 2.73 bits per heavy atom. The SMILES string of the molecule is CC(=O)NCC1CN(c2ccc3c(c2)CCCN(c2c(F)cc4c(=O)c(C(=O)O)c[nH]c4c2C2(Cl)CC2)C3)C(=O)O1. The van der Waals surface area contributed by atoms with Crippen molar-refractivity contribution in [1.82, 2.24) is 10.3 Å². The smallest absolute Gasteiger partial charge is 0.414 e. The van der Waals surface area contributed by atoms with Crippen LogP contribution < -0.4 is 20.5 Å². The number of hydrogen-bond acceptors (Lipinski definition) is 6. The van der Waals surface area contributed by atoms with E-state index in [1.807, 2.05) is 23.1 Å². The zero-order valence-electron chi connectivity index (χ0n) is 22.3. The molecule has 214 valence electrons. The molecule has 2 fully saturated rings. The molecule has 1 aromatic heterocycles. The van der Waals surface area contributed by atoms with E-state index in [1.165, 1.54) is 6.92 Å². The van der Waals surface area contributed by atoms with Crippen LogP contribution in [0.2, 0.25) is 0 Å². The largest absolute Gasteiger partial charge is 0.477 e. The lowest BCUT2D eigenvalue weighted by Gasteiger charge is -2.29. The molecule has 1 unspecified atom stereocenters. The van der Waals surface area contributed by atoms with Crippen molar-refractivity contribution in [2.45, 2.75) is 50.1 Å². The third kappa shape index (κ3) is 4.88. The molecule has 1 aliphatic carbocycles. The Kier molecular flexibility index (Phi) is 6.64. The number of rotatable bonds is 6. The van der Waals surface area contributed by atoms with Gasteiger partial charge in [-0.15, -0.1) is 11.6 Å². The molecule has 10 nitrogen and oxygen atoms in total. The fraction of sp³-hybridized carbons (Fsp3) is 0.379. The van der Waals surface area contributed by atoms with Gasteiger partial charge in [0, 0.05) is 42.8 Å². The minimum atomic E-state index is -1.39. The van der Waals surface area contributed by atoms with Crippen molar-refractivity contribution in [3.63, 3.8) is 0 Å². The average molecular weight is 583 g/mol. The summed E-state index contributed by atoms with van der Waals surface area (Å²) < 4.78 is 21.3. The van der Waals surface area contributed by atoms with Crippen molar-refractivity contribution >= 4 is 51.8 Å². The number of carbonyl (C=O) groups excluding carboxylic acids is 2. The monoisotopic (exact) mass is 582 g/mol. The number of halogens is 2. The minimum Gasteiger partial charge on any atom is -0.477 e. The highest BCUT2D eigenvalue weighted by Crippen LogP contribution is 2.57. The second kappa shape index (κ2) is 10.1. The Hall–Kier alpha value is -4.12. The molecule has 3 heterocycles. The number of anilines is 2. The lowest BCUT2D eigenvalue weighted by Crippen LogP contribution is -2.33. The van der Waals surface area contributed by atoms with Crippen LogP contribution in [0.1, 0.15) is 53.2 Å². The summed E-state index contributed by atoms with van der Waals surface area (Å²) in [6.45, 7) is 2.86. The topological polar surface area (TPSA) is 132 Å². The predicted octanol–water partition coefficient (Wildman–Crippen LogP) is 4.01. The summed E-state index contributed by atoms with van der Waals surface area (Å²) in [4.78, 5) is 53.7. The lowest BCUT2D eigenvalue weighted by molar-refractivity contribution is -0.119. The van der Waals surface area contributed by atoms with Crippen molar-refractivity contribution in [2.24, 2.45) is 0 Å². The molecular weight excluding hydrogens is 555 g/mol. The Bertz CT molecular complexity index is 1670. The number of ether oxygens (including phenoxy) is 1. The van der Waals surface area contributed by atoms with Crippen LogP contribution in [0.15, 0.2) is 35.3 Å². The number of aryl methyl sites for hydroxylation is 1. The van der Waals surface area contributed by atoms with Crippen molar-refractivity contribution in [3.8, 4) is 0 Å². The lowest BCUT2D eigenvalue weighted by atomic mass is 9.99. The Balaban J connectivity index is 1.34. The molecule has 3 N–H and O–H groups in total. The van der Waals surface area contributed by atoms with Gasteiger partial charge in [0.25, 0.3) is 0 Å². The first-order valence-corrected chi connectivity index (χ1v) is 13.8. The number of H-pyrrole nitrogens is 1. The maximum atomic E-state index is 15.9. The van der Waals surface area contributed by atoms with Crippen LogP contribution in [0.25, 0.3) is 10.9 Å². The van der Waals surface area contributed by atoms with Crippen molar-refractivity contribution < 1.29 is 28.6 Å². The van der Waals surface area contributed by atoms with E-state index in [-0.39, 0.29) is 17.8 Å². The van der Waals surface area contributed by atoms with Gasteiger partial charge in [-0.05, 0) is 55.0 Å². The number of amides is 2. The zero-order chi connectivity index (χ0) is 29.1. The first-order valence-electron chi connectivity index (χ1n) is 13.5. The van der Waals surface area contributed by atoms with Crippen LogP contribution in [0.5, 0.6) is 0 Å². The molecule has 2 aromatic carbocycles. The molecule has 0 bridgehead atoms. The van der Waals surface area contributed by atoms with Gasteiger partial charge >= 0.3 is 12.1 Å². The molecule has 1 atom stereocenters. The number of aromatic amines is 1. The maximum Gasteiger partial charge on any atom is 0.414 e. The molecule has 0 radical (unpaired) electrons. The fourth-order valence-corrected chi connectivity index (χ4v) is 6.07. The number of fused-ring (bicyclic) bond motifs is 2. The molecule has 6 rings (SSSR count). The summed E-state index contributed by atoms with van der Waals surface area (Å²) in [5, 5.41) is 12.0. The van der Waals surface area contributed by atoms with E-state index in [0.717, 1.165) is 23.4 Å². The number of carboxylic acids is 1. The van der Waals surface area contributed by atoms with Crippen molar-refractivity contribution in [1.29, 1.82) is 0 Å². The highest BCUT2D eigenvalue weighted by atomic mass is 35.5. The first kappa shape index (κ1) is 27.1. The molecule has 3 aliphatic rings. The molecule has 12 heteroatoms. The fourth-order valence-electron chi connectivity index (χ4n) is 5.79. The summed E-state index contributed by atoms with van der Waals surface area (Å²) in [7, 11) is 0. The second-order valence-corrected chi connectivity index (χ2v) is 11.6. The van der Waals surface area contributed by atoms with E-state index in [0.29, 0.717) is 67.8 Å². The van der Waals surface area contributed by atoms with Gasteiger partial charge < -0.3 is 25.0 Å². The van der Waals surface area contributed by atoms with E-state index in [1.54, 1.807) is 4.90 Å². The number of carboxylic acid groups (broad SMARTS) is 1. The summed E-state index contributed by atoms with van der Waals surface area (Å²) in [6.07, 6.45) is 2.83. The Morgan fingerprint density at radius 1 is 1.24 bits per heavy atom. The number of hydrogen-bond donors (Lipinski definition) is 3. The maximum absolute atomic E-state index is 15.9. The average Bonchev–Trinajstić information content (AvgIpc) is 3.61. The van der Waals surface area contributed by atoms with E-state index >= 15 is 4.39 Å². The number of cyclic esters (lactones) is 1. The normalized spacial score (nSPS) is 19.5. The van der Waals surface area contributed by atoms with Crippen molar-refractivity contribution in [2.75, 3.05) is 29.4 Å². The molecule has 2 amide bonds. The van der Waals surface area contributed by atoms with Gasteiger partial charge in [-0.2, -0.15) is 0 Å². The van der Waals surface area contributed by atoms with Crippen LogP contribution >= 0.6 is 11.6 Å². The Labute approximate surface area is 239 Å². The van der Waals surface area contributed by atoms with Gasteiger partial charge in [0.2, 0.25) is 11.3 Å². The van der Waals surface area contributed by atoms with Crippen LogP contribution in [0, 0.1) is 5.82 Å². The predicted molar refractivity (Wildman–Crippen MR) is 150 cm³/mol. The number of aromatic carboxylic acids is 1. The van der Waals surface area contributed by atoms with E-state index in [4.69, 9.17) is 16.3 Å². The van der Waals surface area contributed by atoms with Gasteiger partial charge in [-0.3, -0.25) is 14.5 Å². The van der Waals surface area contributed by atoms with E-state index in [9.17, 15) is 24.3 Å². The van der Waals surface area contributed by atoms with Crippen LogP contribution in [-0.4, -0.2) is 53.8 Å². The van der Waals surface area contributed by atoms with E-state index < -0.39 is 39.9 Å². The van der Waals surface area contributed by atoms with Gasteiger partial charge in [-0.1, -0.05) is 6.07 Å². The first-order chi connectivity index (χ1) is 19.6. The molecule has 3 aromatic rings. The van der Waals surface area contributed by atoms with Crippen LogP contribution in [-0.2, 0) is 27.4 Å². The third-order valence-corrected chi connectivity index (χ3v) is 8.54. The quantitative estimate of drug-likeness (QED) is 0.374. The Morgan fingerprint density at radius 2 is 2.02 bits per heavy atom. The molecule has 2 aliphatic heterocycles. The van der Waals surface area contributed by atoms with Crippen LogP contribution in [0.3, 0.4) is 0 Å². The molecule has 1 saturated carbocycles. The number of carbonyl (C=O) groups is 3. The highest BCUT2D eigenvalue weighted by Gasteiger charge is 2.47. The number of benzene rings is 2. The van der Waals surface area contributed by atoms with Gasteiger partial charge in [0.15, 0.2) is 0 Å². The number of alkyl halides is 1. The van der Waals surface area contributed by atoms with Gasteiger partial charge in [-0.25, -0.2) is 14.0 Å².